The van der Waals surface area contributed by atoms with Crippen LogP contribution in [0.15, 0.2) is 41.0 Å². The van der Waals surface area contributed by atoms with Crippen LogP contribution in [0.1, 0.15) is 47.4 Å². The van der Waals surface area contributed by atoms with Gasteiger partial charge in [-0.3, -0.25) is 9.78 Å². The Morgan fingerprint density at radius 3 is 2.30 bits per heavy atom. The predicted octanol–water partition coefficient (Wildman–Crippen LogP) is 6.12. The van der Waals surface area contributed by atoms with E-state index in [2.05, 4.69) is 10.3 Å². The summed E-state index contributed by atoms with van der Waals surface area (Å²) in [5.41, 5.74) is 1.000. The second kappa shape index (κ2) is 12.7. The lowest BCUT2D eigenvalue weighted by Crippen LogP contribution is -2.26. The summed E-state index contributed by atoms with van der Waals surface area (Å²) in [6.07, 6.45) is -0.309. The average Bonchev–Trinajstić information content (AvgIpc) is 2.78. The third-order valence-corrected chi connectivity index (χ3v) is 4.95. The van der Waals surface area contributed by atoms with E-state index < -0.39 is 17.6 Å². The second-order valence-electron chi connectivity index (χ2n) is 6.97. The Bertz CT molecular complexity index is 935. The number of pyridine rings is 1. The molecule has 33 heavy (non-hydrogen) atoms. The van der Waals surface area contributed by atoms with Gasteiger partial charge in [0.15, 0.2) is 0 Å². The second-order valence-corrected chi connectivity index (χ2v) is 7.98. The molecule has 1 amide bonds. The topological polar surface area (TPSA) is 60.5 Å². The normalized spacial score (nSPS) is 11.1. The molecule has 180 valence electrons. The van der Waals surface area contributed by atoms with Crippen molar-refractivity contribution in [3.63, 3.8) is 0 Å². The number of hydrogen-bond acceptors (Lipinski definition) is 4. The molecule has 1 aromatic carbocycles. The van der Waals surface area contributed by atoms with Crippen LogP contribution in [0.4, 0.5) is 13.2 Å². The largest absolute Gasteiger partial charge is 0.493 e. The molecule has 0 aliphatic rings. The first-order valence-corrected chi connectivity index (χ1v) is 11.1. The van der Waals surface area contributed by atoms with Crippen molar-refractivity contribution >= 4 is 29.1 Å². The number of amides is 1. The van der Waals surface area contributed by atoms with Crippen LogP contribution in [0.2, 0.25) is 0 Å². The number of nitrogens with one attached hydrogen (secondary N) is 1. The van der Waals surface area contributed by atoms with E-state index in [-0.39, 0.29) is 23.3 Å². The van der Waals surface area contributed by atoms with Crippen molar-refractivity contribution in [2.45, 2.75) is 39.3 Å². The smallest absolute Gasteiger partial charge is 0.417 e. The fourth-order valence-electron chi connectivity index (χ4n) is 2.95. The highest BCUT2D eigenvalue weighted by Gasteiger charge is 2.30. The number of rotatable bonds is 11. The highest BCUT2D eigenvalue weighted by Crippen LogP contribution is 2.31. The molecular weight excluding hydrogens is 480 g/mol. The van der Waals surface area contributed by atoms with E-state index in [1.165, 1.54) is 0 Å². The Hall–Kier alpha value is -2.45. The number of aromatic nitrogens is 1. The summed E-state index contributed by atoms with van der Waals surface area (Å²) in [5, 5.41) is 2.63. The fourth-order valence-corrected chi connectivity index (χ4v) is 3.08. The van der Waals surface area contributed by atoms with Gasteiger partial charge in [0.05, 0.1) is 12.2 Å². The van der Waals surface area contributed by atoms with Crippen molar-refractivity contribution in [1.82, 2.24) is 10.3 Å². The van der Waals surface area contributed by atoms with Gasteiger partial charge in [-0.05, 0) is 60.7 Å². The van der Waals surface area contributed by atoms with Gasteiger partial charge in [-0.2, -0.15) is 13.2 Å². The molecule has 2 rings (SSSR count). The summed E-state index contributed by atoms with van der Waals surface area (Å²) in [4.78, 5) is 15.7. The predicted molar refractivity (Wildman–Crippen MR) is 122 cm³/mol. The van der Waals surface area contributed by atoms with Crippen LogP contribution in [0.3, 0.4) is 0 Å². The SMILES string of the molecule is CCc1cc(OCC=C(Cl)Cl)cc(CC)c1OCCCNC(=O)c1ccc(C(F)(F)F)cn1. The quantitative estimate of drug-likeness (QED) is 0.374. The van der Waals surface area contributed by atoms with Crippen LogP contribution in [-0.2, 0) is 19.0 Å². The van der Waals surface area contributed by atoms with E-state index in [1.54, 1.807) is 6.08 Å². The number of halogens is 5. The van der Waals surface area contributed by atoms with Crippen molar-refractivity contribution in [3.05, 3.63) is 63.4 Å². The number of hydrogen-bond donors (Lipinski definition) is 1. The lowest BCUT2D eigenvalue weighted by molar-refractivity contribution is -0.137. The van der Waals surface area contributed by atoms with Crippen LogP contribution in [-0.4, -0.2) is 30.6 Å². The average molecular weight is 505 g/mol. The van der Waals surface area contributed by atoms with Gasteiger partial charge in [0.2, 0.25) is 0 Å². The molecule has 0 aliphatic heterocycles. The lowest BCUT2D eigenvalue weighted by atomic mass is 10.0. The Balaban J connectivity index is 1.89. The van der Waals surface area contributed by atoms with Crippen LogP contribution >= 0.6 is 23.2 Å². The first kappa shape index (κ1) is 26.8. The van der Waals surface area contributed by atoms with Crippen molar-refractivity contribution in [2.75, 3.05) is 19.8 Å². The summed E-state index contributed by atoms with van der Waals surface area (Å²) >= 11 is 11.2. The van der Waals surface area contributed by atoms with E-state index in [1.807, 2.05) is 26.0 Å². The number of benzene rings is 1. The zero-order valence-electron chi connectivity index (χ0n) is 18.3. The molecule has 2 aromatic rings. The Kier molecular flexibility index (Phi) is 10.3. The standard InChI is InChI=1S/C23H25Cl2F3N2O3/c1-3-15-12-18(32-11-8-20(24)25)13-16(4-2)21(15)33-10-5-9-29-22(31)19-7-6-17(14-30-19)23(26,27)28/h6-8,12-14H,3-5,9-11H2,1-2H3,(H,29,31). The van der Waals surface area contributed by atoms with Gasteiger partial charge in [0, 0.05) is 12.7 Å². The van der Waals surface area contributed by atoms with E-state index >= 15 is 0 Å². The Labute approximate surface area is 200 Å². The zero-order valence-corrected chi connectivity index (χ0v) is 19.8. The number of carbonyl (C=O) groups excluding carboxylic acids is 1. The molecule has 0 saturated carbocycles. The van der Waals surface area contributed by atoms with Crippen LogP contribution in [0.25, 0.3) is 0 Å². The number of alkyl halides is 3. The molecule has 0 saturated heterocycles. The monoisotopic (exact) mass is 504 g/mol. The summed E-state index contributed by atoms with van der Waals surface area (Å²) in [5.74, 6) is 0.937. The first-order chi connectivity index (χ1) is 15.7. The third-order valence-electron chi connectivity index (χ3n) is 4.64. The maximum Gasteiger partial charge on any atom is 0.417 e. The fraction of sp³-hybridized carbons (Fsp3) is 0.391. The molecular formula is C23H25Cl2F3N2O3. The Morgan fingerprint density at radius 1 is 1.12 bits per heavy atom. The van der Waals surface area contributed by atoms with Gasteiger partial charge in [0.1, 0.15) is 28.3 Å². The van der Waals surface area contributed by atoms with Crippen LogP contribution in [0, 0.1) is 0 Å². The molecule has 1 N–H and O–H groups in total. The summed E-state index contributed by atoms with van der Waals surface area (Å²) < 4.78 is 49.6. The van der Waals surface area contributed by atoms with Gasteiger partial charge in [-0.15, -0.1) is 0 Å². The third kappa shape index (κ3) is 8.44. The van der Waals surface area contributed by atoms with Crippen molar-refractivity contribution in [3.8, 4) is 11.5 Å². The molecule has 0 bridgehead atoms. The zero-order chi connectivity index (χ0) is 24.4. The Morgan fingerprint density at radius 2 is 1.79 bits per heavy atom. The number of ether oxygens (including phenoxy) is 2. The minimum atomic E-state index is -4.49. The molecule has 0 aliphatic carbocycles. The van der Waals surface area contributed by atoms with E-state index in [4.69, 9.17) is 32.7 Å². The summed E-state index contributed by atoms with van der Waals surface area (Å²) in [6, 6.07) is 5.69. The highest BCUT2D eigenvalue weighted by atomic mass is 35.5. The molecule has 5 nitrogen and oxygen atoms in total. The van der Waals surface area contributed by atoms with E-state index in [9.17, 15) is 18.0 Å². The van der Waals surface area contributed by atoms with Gasteiger partial charge in [0.25, 0.3) is 5.91 Å². The maximum absolute atomic E-state index is 12.6. The van der Waals surface area contributed by atoms with E-state index in [0.717, 1.165) is 41.9 Å². The van der Waals surface area contributed by atoms with Crippen molar-refractivity contribution < 1.29 is 27.4 Å². The van der Waals surface area contributed by atoms with Crippen LogP contribution < -0.4 is 14.8 Å². The molecule has 0 fully saturated rings. The molecule has 0 atom stereocenters. The minimum Gasteiger partial charge on any atom is -0.493 e. The lowest BCUT2D eigenvalue weighted by Gasteiger charge is -2.17. The highest BCUT2D eigenvalue weighted by molar-refractivity contribution is 6.55. The number of aryl methyl sites for hydroxylation is 2. The van der Waals surface area contributed by atoms with Gasteiger partial charge in [-0.1, -0.05) is 37.0 Å². The van der Waals surface area contributed by atoms with Gasteiger partial charge < -0.3 is 14.8 Å². The van der Waals surface area contributed by atoms with Crippen molar-refractivity contribution in [1.29, 1.82) is 0 Å². The first-order valence-electron chi connectivity index (χ1n) is 10.4. The van der Waals surface area contributed by atoms with Crippen molar-refractivity contribution in [2.24, 2.45) is 0 Å². The molecule has 1 heterocycles. The molecule has 10 heteroatoms. The molecule has 1 aromatic heterocycles. The van der Waals surface area contributed by atoms with E-state index in [0.29, 0.717) is 25.0 Å². The van der Waals surface area contributed by atoms with Crippen LogP contribution in [0.5, 0.6) is 11.5 Å². The van der Waals surface area contributed by atoms with Gasteiger partial charge in [-0.25, -0.2) is 0 Å². The number of carbonyl (C=O) groups is 1. The molecule has 0 unspecified atom stereocenters. The maximum atomic E-state index is 12.6. The summed E-state index contributed by atoms with van der Waals surface area (Å²) in [6.45, 7) is 4.92. The summed E-state index contributed by atoms with van der Waals surface area (Å²) in [7, 11) is 0. The van der Waals surface area contributed by atoms with Gasteiger partial charge >= 0.3 is 6.18 Å². The minimum absolute atomic E-state index is 0.0775. The molecule has 0 spiro atoms. The number of nitrogens with zero attached hydrogens (tertiary/aromatic N) is 1. The molecule has 0 radical (unpaired) electrons.